The number of aryl methyl sites for hydroxylation is 1. The van der Waals surface area contributed by atoms with E-state index < -0.39 is 0 Å². The molecule has 0 saturated carbocycles. The summed E-state index contributed by atoms with van der Waals surface area (Å²) in [6.07, 6.45) is 0. The molecule has 1 aliphatic heterocycles. The molecule has 2 N–H and O–H groups in total. The van der Waals surface area contributed by atoms with Gasteiger partial charge in [-0.05, 0) is 55.5 Å². The Labute approximate surface area is 187 Å². The summed E-state index contributed by atoms with van der Waals surface area (Å²) in [6, 6.07) is 15.1. The monoisotopic (exact) mass is 436 g/mol. The second-order valence-corrected chi connectivity index (χ2v) is 7.49. The van der Waals surface area contributed by atoms with Gasteiger partial charge < -0.3 is 24.8 Å². The lowest BCUT2D eigenvalue weighted by Crippen LogP contribution is -2.47. The number of benzene rings is 2. The van der Waals surface area contributed by atoms with E-state index in [1.165, 1.54) is 0 Å². The van der Waals surface area contributed by atoms with E-state index in [9.17, 15) is 0 Å². The van der Waals surface area contributed by atoms with Gasteiger partial charge in [0.25, 0.3) is 0 Å². The van der Waals surface area contributed by atoms with Gasteiger partial charge in [-0.2, -0.15) is 15.0 Å². The molecule has 1 fully saturated rings. The first-order valence-corrected chi connectivity index (χ1v) is 10.6. The Hall–Kier alpha value is -3.43. The highest BCUT2D eigenvalue weighted by Crippen LogP contribution is 2.26. The summed E-state index contributed by atoms with van der Waals surface area (Å²) in [7, 11) is 1.64. The lowest BCUT2D eigenvalue weighted by molar-refractivity contribution is 0.188. The quantitative estimate of drug-likeness (QED) is 0.552. The van der Waals surface area contributed by atoms with Crippen LogP contribution in [0.5, 0.6) is 17.2 Å². The van der Waals surface area contributed by atoms with Crippen molar-refractivity contribution in [3.8, 4) is 17.2 Å². The third-order valence-electron chi connectivity index (χ3n) is 5.21. The molecule has 1 aromatic heterocycles. The van der Waals surface area contributed by atoms with Gasteiger partial charge >= 0.3 is 0 Å². The van der Waals surface area contributed by atoms with Crippen LogP contribution in [0.3, 0.4) is 0 Å². The summed E-state index contributed by atoms with van der Waals surface area (Å²) in [5.74, 6) is 4.10. The highest BCUT2D eigenvalue weighted by molar-refractivity contribution is 5.56. The normalized spacial score (nSPS) is 14.3. The summed E-state index contributed by atoms with van der Waals surface area (Å²) < 4.78 is 11.0. The molecule has 0 aliphatic carbocycles. The van der Waals surface area contributed by atoms with Gasteiger partial charge in [0.05, 0.1) is 13.7 Å². The van der Waals surface area contributed by atoms with Crippen LogP contribution in [0.1, 0.15) is 5.82 Å². The zero-order chi connectivity index (χ0) is 22.3. The van der Waals surface area contributed by atoms with E-state index in [-0.39, 0.29) is 6.61 Å². The van der Waals surface area contributed by atoms with E-state index in [1.54, 1.807) is 7.11 Å². The average Bonchev–Trinajstić information content (AvgIpc) is 2.81. The Morgan fingerprint density at radius 1 is 0.875 bits per heavy atom. The Morgan fingerprint density at radius 2 is 1.50 bits per heavy atom. The number of ether oxygens (including phenoxy) is 2. The first kappa shape index (κ1) is 21.8. The minimum absolute atomic E-state index is 0.183. The maximum absolute atomic E-state index is 9.12. The van der Waals surface area contributed by atoms with Crippen molar-refractivity contribution in [3.05, 3.63) is 54.4 Å². The fourth-order valence-electron chi connectivity index (χ4n) is 3.49. The van der Waals surface area contributed by atoms with Crippen LogP contribution in [0.2, 0.25) is 0 Å². The number of aromatic nitrogens is 3. The molecule has 32 heavy (non-hydrogen) atoms. The van der Waals surface area contributed by atoms with Gasteiger partial charge in [-0.1, -0.05) is 0 Å². The molecule has 4 rings (SSSR count). The Morgan fingerprint density at radius 3 is 2.12 bits per heavy atom. The third kappa shape index (κ3) is 5.63. The van der Waals surface area contributed by atoms with Crippen LogP contribution >= 0.6 is 0 Å². The number of rotatable bonds is 8. The van der Waals surface area contributed by atoms with E-state index in [0.29, 0.717) is 24.3 Å². The standard InChI is InChI=1S/C23H28N6O3/c1-17-24-22(27-23(25-17)29-13-11-28(12-14-29)15-16-30)26-18-3-5-20(6-4-18)32-21-9-7-19(31-2)8-10-21/h3-10,30H,11-16H2,1-2H3,(H,24,25,26,27). The largest absolute Gasteiger partial charge is 0.497 e. The third-order valence-corrected chi connectivity index (χ3v) is 5.21. The molecular weight excluding hydrogens is 408 g/mol. The number of nitrogens with one attached hydrogen (secondary N) is 1. The average molecular weight is 437 g/mol. The van der Waals surface area contributed by atoms with Gasteiger partial charge in [0.15, 0.2) is 0 Å². The molecule has 0 spiro atoms. The molecule has 1 aliphatic rings. The predicted octanol–water partition coefficient (Wildman–Crippen LogP) is 2.84. The minimum atomic E-state index is 0.183. The van der Waals surface area contributed by atoms with Crippen molar-refractivity contribution in [2.24, 2.45) is 0 Å². The summed E-state index contributed by atoms with van der Waals surface area (Å²) in [5.41, 5.74) is 0.858. The fourth-order valence-corrected chi connectivity index (χ4v) is 3.49. The SMILES string of the molecule is COc1ccc(Oc2ccc(Nc3nc(C)nc(N4CCN(CCO)CC4)n3)cc2)cc1. The molecule has 0 radical (unpaired) electrons. The van der Waals surface area contributed by atoms with Crippen LogP contribution in [-0.2, 0) is 0 Å². The van der Waals surface area contributed by atoms with Crippen LogP contribution < -0.4 is 19.7 Å². The number of β-amino-alcohol motifs (C(OH)–C–C–N with tert-alkyl or cyclic N) is 1. The van der Waals surface area contributed by atoms with E-state index >= 15 is 0 Å². The Kier molecular flexibility index (Phi) is 6.98. The topological polar surface area (TPSA) is 95.9 Å². The van der Waals surface area contributed by atoms with Crippen LogP contribution in [-0.4, -0.2) is 71.4 Å². The molecule has 2 aromatic carbocycles. The molecule has 0 amide bonds. The zero-order valence-electron chi connectivity index (χ0n) is 18.4. The van der Waals surface area contributed by atoms with Crippen LogP contribution in [0.15, 0.2) is 48.5 Å². The molecule has 2 heterocycles. The molecule has 1 saturated heterocycles. The number of aliphatic hydroxyl groups is 1. The molecule has 0 bridgehead atoms. The van der Waals surface area contributed by atoms with Gasteiger partial charge in [0.1, 0.15) is 23.1 Å². The molecule has 9 heteroatoms. The molecule has 3 aromatic rings. The van der Waals surface area contributed by atoms with E-state index in [0.717, 1.165) is 49.1 Å². The summed E-state index contributed by atoms with van der Waals surface area (Å²) in [6.45, 7) is 6.15. The highest BCUT2D eigenvalue weighted by atomic mass is 16.5. The Balaban J connectivity index is 1.39. The molecule has 9 nitrogen and oxygen atoms in total. The number of anilines is 3. The Bertz CT molecular complexity index is 1010. The first-order valence-electron chi connectivity index (χ1n) is 10.6. The van der Waals surface area contributed by atoms with E-state index in [2.05, 4.69) is 30.1 Å². The van der Waals surface area contributed by atoms with Gasteiger partial charge in [0, 0.05) is 38.4 Å². The second-order valence-electron chi connectivity index (χ2n) is 7.49. The van der Waals surface area contributed by atoms with Crippen molar-refractivity contribution in [3.63, 3.8) is 0 Å². The number of hydrogen-bond donors (Lipinski definition) is 2. The highest BCUT2D eigenvalue weighted by Gasteiger charge is 2.19. The lowest BCUT2D eigenvalue weighted by Gasteiger charge is -2.34. The van der Waals surface area contributed by atoms with Gasteiger partial charge in [-0.25, -0.2) is 0 Å². The molecule has 0 atom stereocenters. The molecule has 168 valence electrons. The van der Waals surface area contributed by atoms with Crippen LogP contribution in [0.4, 0.5) is 17.6 Å². The second kappa shape index (κ2) is 10.3. The lowest BCUT2D eigenvalue weighted by atomic mass is 10.3. The van der Waals surface area contributed by atoms with Crippen molar-refractivity contribution >= 4 is 17.6 Å². The number of piperazine rings is 1. The zero-order valence-corrected chi connectivity index (χ0v) is 18.4. The van der Waals surface area contributed by atoms with Gasteiger partial charge in [-0.3, -0.25) is 4.90 Å². The maximum Gasteiger partial charge on any atom is 0.232 e. The van der Waals surface area contributed by atoms with Crippen molar-refractivity contribution in [2.75, 3.05) is 56.7 Å². The molecular formula is C23H28N6O3. The summed E-state index contributed by atoms with van der Waals surface area (Å²) >= 11 is 0. The summed E-state index contributed by atoms with van der Waals surface area (Å²) in [5, 5.41) is 12.4. The first-order chi connectivity index (χ1) is 15.6. The fraction of sp³-hybridized carbons (Fsp3) is 0.348. The number of hydrogen-bond acceptors (Lipinski definition) is 9. The van der Waals surface area contributed by atoms with Crippen LogP contribution in [0, 0.1) is 6.92 Å². The van der Waals surface area contributed by atoms with E-state index in [4.69, 9.17) is 14.6 Å². The maximum atomic E-state index is 9.12. The van der Waals surface area contributed by atoms with Gasteiger partial charge in [0.2, 0.25) is 11.9 Å². The molecule has 0 unspecified atom stereocenters. The van der Waals surface area contributed by atoms with Gasteiger partial charge in [-0.15, -0.1) is 0 Å². The van der Waals surface area contributed by atoms with Crippen molar-refractivity contribution in [1.82, 2.24) is 19.9 Å². The predicted molar refractivity (Wildman–Crippen MR) is 123 cm³/mol. The minimum Gasteiger partial charge on any atom is -0.497 e. The number of aliphatic hydroxyl groups excluding tert-OH is 1. The van der Waals surface area contributed by atoms with Crippen LogP contribution in [0.25, 0.3) is 0 Å². The smallest absolute Gasteiger partial charge is 0.232 e. The number of nitrogens with zero attached hydrogens (tertiary/aromatic N) is 5. The van der Waals surface area contributed by atoms with Crippen molar-refractivity contribution in [1.29, 1.82) is 0 Å². The van der Waals surface area contributed by atoms with Crippen molar-refractivity contribution in [2.45, 2.75) is 6.92 Å². The number of methoxy groups -OCH3 is 1. The van der Waals surface area contributed by atoms with E-state index in [1.807, 2.05) is 55.5 Å². The summed E-state index contributed by atoms with van der Waals surface area (Å²) in [4.78, 5) is 17.9. The van der Waals surface area contributed by atoms with Crippen molar-refractivity contribution < 1.29 is 14.6 Å².